The summed E-state index contributed by atoms with van der Waals surface area (Å²) in [6.07, 6.45) is 7.48. The molecule has 0 saturated carbocycles. The lowest BCUT2D eigenvalue weighted by molar-refractivity contribution is -0.130. The molecule has 0 spiro atoms. The molecule has 2 saturated heterocycles. The molecule has 4 aromatic rings. The molecule has 2 aliphatic heterocycles. The summed E-state index contributed by atoms with van der Waals surface area (Å²) >= 11 is 0. The Labute approximate surface area is 256 Å². The van der Waals surface area contributed by atoms with Gasteiger partial charge in [-0.15, -0.1) is 0 Å². The van der Waals surface area contributed by atoms with Gasteiger partial charge in [0, 0.05) is 73.5 Å². The zero-order valence-electron chi connectivity index (χ0n) is 24.9. The molecule has 44 heavy (non-hydrogen) atoms. The van der Waals surface area contributed by atoms with E-state index < -0.39 is 23.4 Å². The number of aromatic nitrogens is 2. The molecule has 0 atom stereocenters. The van der Waals surface area contributed by atoms with E-state index in [0.29, 0.717) is 63.7 Å². The van der Waals surface area contributed by atoms with Gasteiger partial charge in [-0.1, -0.05) is 49.2 Å². The lowest BCUT2D eigenvalue weighted by atomic mass is 10.1. The molecule has 2 aromatic carbocycles. The predicted octanol–water partition coefficient (Wildman–Crippen LogP) is 3.94. The molecule has 10 heteroatoms. The Bertz CT molecular complexity index is 1550. The summed E-state index contributed by atoms with van der Waals surface area (Å²) in [5, 5.41) is 1.60. The molecule has 230 valence electrons. The number of ketones is 2. The molecule has 10 nitrogen and oxygen atoms in total. The fraction of sp³-hybridized carbons (Fsp3) is 0.412. The molecule has 2 aromatic heterocycles. The first-order valence-electron chi connectivity index (χ1n) is 15.5. The minimum Gasteiger partial charge on any atom is -0.378 e. The highest BCUT2D eigenvalue weighted by molar-refractivity contribution is 6.45. The minimum absolute atomic E-state index is 0.437. The van der Waals surface area contributed by atoms with E-state index in [1.165, 1.54) is 0 Å². The standard InChI is InChI=1S/C34H38N4O6/c39-31(33(41)35-15-19-43-20-16-35)27-23-37(29-11-5-3-9-25(27)29)13-7-1-2-8-14-38-24-28(26-10-4-6-12-30(26)38)32(40)34(42)36-17-21-44-22-18-36/h3-6,9-12,23-24H,1-2,7-8,13-22H2. The molecule has 2 amide bonds. The van der Waals surface area contributed by atoms with Gasteiger partial charge in [-0.05, 0) is 25.0 Å². The maximum absolute atomic E-state index is 13.2. The van der Waals surface area contributed by atoms with Crippen molar-refractivity contribution in [3.8, 4) is 0 Å². The summed E-state index contributed by atoms with van der Waals surface area (Å²) < 4.78 is 14.8. The van der Waals surface area contributed by atoms with Crippen molar-refractivity contribution in [2.24, 2.45) is 0 Å². The fourth-order valence-electron chi connectivity index (χ4n) is 6.19. The van der Waals surface area contributed by atoms with Crippen LogP contribution in [0.5, 0.6) is 0 Å². The van der Waals surface area contributed by atoms with Crippen LogP contribution < -0.4 is 0 Å². The van der Waals surface area contributed by atoms with E-state index >= 15 is 0 Å². The number of fused-ring (bicyclic) bond motifs is 2. The van der Waals surface area contributed by atoms with E-state index in [0.717, 1.165) is 60.6 Å². The molecular formula is C34H38N4O6. The number of Topliss-reactive ketones (excluding diaryl/α,β-unsaturated/α-hetero) is 2. The SMILES string of the molecule is O=C(C(=O)N1CCOCC1)c1cn(CCCCCCn2cc(C(=O)C(=O)N3CCOCC3)c3ccccc32)c2ccccc12. The summed E-state index contributed by atoms with van der Waals surface area (Å²) in [5.74, 6) is -1.87. The molecule has 2 aliphatic rings. The van der Waals surface area contributed by atoms with Crippen molar-refractivity contribution in [2.45, 2.75) is 38.8 Å². The Morgan fingerprint density at radius 1 is 0.545 bits per heavy atom. The number of hydrogen-bond donors (Lipinski definition) is 0. The highest BCUT2D eigenvalue weighted by atomic mass is 16.5. The fourth-order valence-corrected chi connectivity index (χ4v) is 6.19. The number of para-hydroxylation sites is 2. The molecule has 0 unspecified atom stereocenters. The number of morpholine rings is 2. The molecule has 4 heterocycles. The normalized spacial score (nSPS) is 15.6. The molecule has 0 radical (unpaired) electrons. The first-order chi connectivity index (χ1) is 21.5. The van der Waals surface area contributed by atoms with Crippen LogP contribution in [0, 0.1) is 0 Å². The average molecular weight is 599 g/mol. The zero-order chi connectivity index (χ0) is 30.5. The number of carbonyl (C=O) groups is 4. The smallest absolute Gasteiger partial charge is 0.295 e. The van der Waals surface area contributed by atoms with Gasteiger partial charge in [0.15, 0.2) is 0 Å². The Morgan fingerprint density at radius 3 is 1.34 bits per heavy atom. The van der Waals surface area contributed by atoms with Crippen LogP contribution in [0.2, 0.25) is 0 Å². The van der Waals surface area contributed by atoms with Crippen LogP contribution >= 0.6 is 0 Å². The number of benzene rings is 2. The number of amides is 2. The number of rotatable bonds is 11. The first-order valence-corrected chi connectivity index (χ1v) is 15.5. The molecule has 0 N–H and O–H groups in total. The Balaban J connectivity index is 1.05. The lowest BCUT2D eigenvalue weighted by Crippen LogP contribution is -2.44. The van der Waals surface area contributed by atoms with Gasteiger partial charge in [-0.25, -0.2) is 0 Å². The van der Waals surface area contributed by atoms with E-state index in [1.54, 1.807) is 9.80 Å². The summed E-state index contributed by atoms with van der Waals surface area (Å²) in [5.41, 5.74) is 2.81. The van der Waals surface area contributed by atoms with Crippen LogP contribution in [0.15, 0.2) is 60.9 Å². The summed E-state index contributed by atoms with van der Waals surface area (Å²) in [4.78, 5) is 55.3. The van der Waals surface area contributed by atoms with Gasteiger partial charge in [0.05, 0.1) is 37.6 Å². The molecule has 0 aliphatic carbocycles. The summed E-state index contributed by atoms with van der Waals surface area (Å²) in [6, 6.07) is 15.5. The van der Waals surface area contributed by atoms with Gasteiger partial charge in [0.2, 0.25) is 0 Å². The van der Waals surface area contributed by atoms with Gasteiger partial charge >= 0.3 is 0 Å². The third kappa shape index (κ3) is 6.18. The topological polar surface area (TPSA) is 103 Å². The Morgan fingerprint density at radius 2 is 0.932 bits per heavy atom. The minimum atomic E-state index is -0.468. The van der Waals surface area contributed by atoms with Crippen LogP contribution in [0.3, 0.4) is 0 Å². The third-order valence-electron chi connectivity index (χ3n) is 8.60. The maximum atomic E-state index is 13.2. The monoisotopic (exact) mass is 598 g/mol. The number of carbonyl (C=O) groups excluding carboxylic acids is 4. The van der Waals surface area contributed by atoms with Gasteiger partial charge < -0.3 is 28.4 Å². The third-order valence-corrected chi connectivity index (χ3v) is 8.60. The molecule has 2 fully saturated rings. The second-order valence-electron chi connectivity index (χ2n) is 11.4. The van der Waals surface area contributed by atoms with Crippen LogP contribution in [0.25, 0.3) is 21.8 Å². The number of aryl methyl sites for hydroxylation is 2. The van der Waals surface area contributed by atoms with Gasteiger partial charge in [0.25, 0.3) is 23.4 Å². The van der Waals surface area contributed by atoms with Crippen molar-refractivity contribution in [2.75, 3.05) is 52.6 Å². The number of hydrogen-bond acceptors (Lipinski definition) is 6. The Kier molecular flexibility index (Phi) is 9.18. The van der Waals surface area contributed by atoms with Gasteiger partial charge in [-0.3, -0.25) is 19.2 Å². The molecular weight excluding hydrogens is 560 g/mol. The van der Waals surface area contributed by atoms with Crippen molar-refractivity contribution in [3.05, 3.63) is 72.1 Å². The average Bonchev–Trinajstić information content (AvgIpc) is 3.64. The van der Waals surface area contributed by atoms with Gasteiger partial charge in [-0.2, -0.15) is 0 Å². The van der Waals surface area contributed by atoms with Crippen molar-refractivity contribution >= 4 is 45.2 Å². The van der Waals surface area contributed by atoms with Crippen molar-refractivity contribution < 1.29 is 28.7 Å². The summed E-state index contributed by atoms with van der Waals surface area (Å²) in [6.45, 7) is 5.05. The van der Waals surface area contributed by atoms with Crippen LogP contribution in [0.4, 0.5) is 0 Å². The number of nitrogens with zero attached hydrogens (tertiary/aromatic N) is 4. The largest absolute Gasteiger partial charge is 0.378 e. The first kappa shape index (κ1) is 29.8. The van der Waals surface area contributed by atoms with Crippen molar-refractivity contribution in [1.29, 1.82) is 0 Å². The second kappa shape index (κ2) is 13.6. The maximum Gasteiger partial charge on any atom is 0.295 e. The number of ether oxygens (including phenoxy) is 2. The van der Waals surface area contributed by atoms with E-state index in [1.807, 2.05) is 60.9 Å². The Hall–Kier alpha value is -4.28. The van der Waals surface area contributed by atoms with E-state index in [4.69, 9.17) is 9.47 Å². The summed E-state index contributed by atoms with van der Waals surface area (Å²) in [7, 11) is 0. The predicted molar refractivity (Wildman–Crippen MR) is 166 cm³/mol. The van der Waals surface area contributed by atoms with Crippen LogP contribution in [-0.4, -0.2) is 94.9 Å². The number of unbranched alkanes of at least 4 members (excludes halogenated alkanes) is 3. The zero-order valence-corrected chi connectivity index (χ0v) is 24.9. The van der Waals surface area contributed by atoms with Gasteiger partial charge in [0.1, 0.15) is 0 Å². The highest BCUT2D eigenvalue weighted by Gasteiger charge is 2.28. The van der Waals surface area contributed by atoms with E-state index in [2.05, 4.69) is 9.13 Å². The second-order valence-corrected chi connectivity index (χ2v) is 11.4. The molecule has 0 bridgehead atoms. The lowest BCUT2D eigenvalue weighted by Gasteiger charge is -2.25. The molecule has 6 rings (SSSR count). The quantitative estimate of drug-likeness (QED) is 0.147. The van der Waals surface area contributed by atoms with Crippen molar-refractivity contribution in [1.82, 2.24) is 18.9 Å². The van der Waals surface area contributed by atoms with Crippen LogP contribution in [0.1, 0.15) is 46.4 Å². The van der Waals surface area contributed by atoms with Crippen LogP contribution in [-0.2, 0) is 32.2 Å². The van der Waals surface area contributed by atoms with Crippen molar-refractivity contribution in [3.63, 3.8) is 0 Å². The van der Waals surface area contributed by atoms with E-state index in [-0.39, 0.29) is 0 Å². The highest BCUT2D eigenvalue weighted by Crippen LogP contribution is 2.25. The van der Waals surface area contributed by atoms with E-state index in [9.17, 15) is 19.2 Å².